The summed E-state index contributed by atoms with van der Waals surface area (Å²) in [7, 11) is 0. The first-order valence-corrected chi connectivity index (χ1v) is 9.14. The van der Waals surface area contributed by atoms with E-state index in [0.717, 1.165) is 24.2 Å². The normalized spacial score (nSPS) is 14.9. The van der Waals surface area contributed by atoms with E-state index in [0.29, 0.717) is 10.6 Å². The standard InChI is InChI=1S/C21H20ClN3/c22-20-14-16(6-7-17(20)15-23)18-4-3-5-21-19(18)8-11-25(21)13-12-24-9-1-2-10-24/h3-8,11,14H,1-2,9-10,12-13H2. The molecule has 0 amide bonds. The monoisotopic (exact) mass is 349 g/mol. The van der Waals surface area contributed by atoms with Crippen molar-refractivity contribution in [3.05, 3.63) is 59.2 Å². The molecule has 3 aromatic rings. The summed E-state index contributed by atoms with van der Waals surface area (Å²) in [6.45, 7) is 4.58. The van der Waals surface area contributed by atoms with Gasteiger partial charge in [-0.05, 0) is 61.3 Å². The van der Waals surface area contributed by atoms with Crippen LogP contribution in [0.25, 0.3) is 22.0 Å². The molecular formula is C21H20ClN3. The number of hydrogen-bond acceptors (Lipinski definition) is 2. The first kappa shape index (κ1) is 16.2. The van der Waals surface area contributed by atoms with E-state index in [9.17, 15) is 0 Å². The first-order valence-electron chi connectivity index (χ1n) is 8.76. The quantitative estimate of drug-likeness (QED) is 0.669. The zero-order chi connectivity index (χ0) is 17.2. The van der Waals surface area contributed by atoms with Crippen LogP contribution in [0.3, 0.4) is 0 Å². The minimum Gasteiger partial charge on any atom is -0.346 e. The fourth-order valence-corrected chi connectivity index (χ4v) is 3.92. The molecule has 1 aliphatic heterocycles. The summed E-state index contributed by atoms with van der Waals surface area (Å²) in [6.07, 6.45) is 4.83. The van der Waals surface area contributed by atoms with Gasteiger partial charge in [0.05, 0.1) is 10.6 Å². The highest BCUT2D eigenvalue weighted by molar-refractivity contribution is 6.32. The highest BCUT2D eigenvalue weighted by atomic mass is 35.5. The predicted octanol–water partition coefficient (Wildman–Crippen LogP) is 4.93. The number of aromatic nitrogens is 1. The van der Waals surface area contributed by atoms with Gasteiger partial charge < -0.3 is 9.47 Å². The van der Waals surface area contributed by atoms with Crippen molar-refractivity contribution in [1.82, 2.24) is 9.47 Å². The third-order valence-corrected chi connectivity index (χ3v) is 5.38. The molecular weight excluding hydrogens is 330 g/mol. The second kappa shape index (κ2) is 6.92. The molecule has 0 unspecified atom stereocenters. The number of benzene rings is 2. The molecule has 1 saturated heterocycles. The van der Waals surface area contributed by atoms with Gasteiger partial charge in [0.1, 0.15) is 6.07 Å². The Balaban J connectivity index is 1.66. The van der Waals surface area contributed by atoms with Crippen LogP contribution in [-0.2, 0) is 6.54 Å². The second-order valence-corrected chi connectivity index (χ2v) is 7.01. The topological polar surface area (TPSA) is 32.0 Å². The Morgan fingerprint density at radius 2 is 1.88 bits per heavy atom. The molecule has 0 atom stereocenters. The van der Waals surface area contributed by atoms with Crippen LogP contribution in [0.5, 0.6) is 0 Å². The molecule has 0 bridgehead atoms. The number of nitriles is 1. The van der Waals surface area contributed by atoms with Gasteiger partial charge in [-0.3, -0.25) is 0 Å². The van der Waals surface area contributed by atoms with Crippen molar-refractivity contribution in [2.24, 2.45) is 0 Å². The van der Waals surface area contributed by atoms with Crippen LogP contribution in [-0.4, -0.2) is 29.1 Å². The molecule has 0 N–H and O–H groups in total. The zero-order valence-electron chi connectivity index (χ0n) is 14.1. The van der Waals surface area contributed by atoms with E-state index >= 15 is 0 Å². The van der Waals surface area contributed by atoms with E-state index in [1.54, 1.807) is 6.07 Å². The summed E-state index contributed by atoms with van der Waals surface area (Å²) in [4.78, 5) is 2.54. The fourth-order valence-electron chi connectivity index (χ4n) is 3.70. The average Bonchev–Trinajstić information content (AvgIpc) is 3.29. The molecule has 0 saturated carbocycles. The smallest absolute Gasteiger partial charge is 0.101 e. The van der Waals surface area contributed by atoms with Gasteiger partial charge in [0, 0.05) is 30.2 Å². The molecule has 1 aliphatic rings. The first-order chi connectivity index (χ1) is 12.3. The summed E-state index contributed by atoms with van der Waals surface area (Å²) in [5.41, 5.74) is 3.97. The third kappa shape index (κ3) is 3.16. The van der Waals surface area contributed by atoms with Crippen molar-refractivity contribution in [1.29, 1.82) is 5.26 Å². The van der Waals surface area contributed by atoms with Gasteiger partial charge in [-0.25, -0.2) is 0 Å². The predicted molar refractivity (Wildman–Crippen MR) is 103 cm³/mol. The molecule has 3 nitrogen and oxygen atoms in total. The van der Waals surface area contributed by atoms with Gasteiger partial charge in [0.15, 0.2) is 0 Å². The van der Waals surface area contributed by atoms with Gasteiger partial charge in [-0.2, -0.15) is 5.26 Å². The van der Waals surface area contributed by atoms with Crippen molar-refractivity contribution in [2.75, 3.05) is 19.6 Å². The second-order valence-electron chi connectivity index (χ2n) is 6.60. The Bertz CT molecular complexity index is 945. The summed E-state index contributed by atoms with van der Waals surface area (Å²) < 4.78 is 2.34. The molecule has 4 rings (SSSR count). The minimum absolute atomic E-state index is 0.505. The highest BCUT2D eigenvalue weighted by Gasteiger charge is 2.13. The lowest BCUT2D eigenvalue weighted by atomic mass is 10.0. The highest BCUT2D eigenvalue weighted by Crippen LogP contribution is 2.32. The van der Waals surface area contributed by atoms with Crippen molar-refractivity contribution >= 4 is 22.5 Å². The number of nitrogens with zero attached hydrogens (tertiary/aromatic N) is 3. The van der Waals surface area contributed by atoms with E-state index in [4.69, 9.17) is 16.9 Å². The van der Waals surface area contributed by atoms with Crippen molar-refractivity contribution < 1.29 is 0 Å². The largest absolute Gasteiger partial charge is 0.346 e. The average molecular weight is 350 g/mol. The molecule has 0 spiro atoms. The summed E-state index contributed by atoms with van der Waals surface area (Å²) in [5.74, 6) is 0. The van der Waals surface area contributed by atoms with Crippen LogP contribution in [0.4, 0.5) is 0 Å². The summed E-state index contributed by atoms with van der Waals surface area (Å²) in [5, 5.41) is 10.8. The molecule has 1 fully saturated rings. The van der Waals surface area contributed by atoms with E-state index in [2.05, 4.69) is 46.0 Å². The molecule has 0 radical (unpaired) electrons. The Kier molecular flexibility index (Phi) is 4.48. The van der Waals surface area contributed by atoms with Gasteiger partial charge in [0.25, 0.3) is 0 Å². The maximum absolute atomic E-state index is 9.06. The SMILES string of the molecule is N#Cc1ccc(-c2cccc3c2ccn3CCN2CCCC2)cc1Cl. The van der Waals surface area contributed by atoms with Crippen LogP contribution in [0.15, 0.2) is 48.7 Å². The molecule has 4 heteroatoms. The number of hydrogen-bond donors (Lipinski definition) is 0. The molecule has 126 valence electrons. The Labute approximate surface area is 153 Å². The van der Waals surface area contributed by atoms with Crippen LogP contribution >= 0.6 is 11.6 Å². The van der Waals surface area contributed by atoms with Crippen molar-refractivity contribution in [3.8, 4) is 17.2 Å². The van der Waals surface area contributed by atoms with E-state index < -0.39 is 0 Å². The van der Waals surface area contributed by atoms with Gasteiger partial charge in [-0.15, -0.1) is 0 Å². The Morgan fingerprint density at radius 1 is 1.04 bits per heavy atom. The van der Waals surface area contributed by atoms with Crippen LogP contribution < -0.4 is 0 Å². The molecule has 1 aromatic heterocycles. The van der Waals surface area contributed by atoms with Gasteiger partial charge >= 0.3 is 0 Å². The number of rotatable bonds is 4. The number of likely N-dealkylation sites (tertiary alicyclic amines) is 1. The number of fused-ring (bicyclic) bond motifs is 1. The fraction of sp³-hybridized carbons (Fsp3) is 0.286. The third-order valence-electron chi connectivity index (χ3n) is 5.07. The van der Waals surface area contributed by atoms with Crippen LogP contribution in [0.1, 0.15) is 18.4 Å². The van der Waals surface area contributed by atoms with Crippen molar-refractivity contribution in [3.63, 3.8) is 0 Å². The van der Waals surface area contributed by atoms with Crippen LogP contribution in [0.2, 0.25) is 5.02 Å². The molecule has 2 heterocycles. The summed E-state index contributed by atoms with van der Waals surface area (Å²) in [6, 6.07) is 16.3. The maximum Gasteiger partial charge on any atom is 0.101 e. The number of halogens is 1. The lowest BCUT2D eigenvalue weighted by molar-refractivity contribution is 0.324. The zero-order valence-corrected chi connectivity index (χ0v) is 14.8. The summed E-state index contributed by atoms with van der Waals surface area (Å²) >= 11 is 6.22. The molecule has 0 aliphatic carbocycles. The molecule has 25 heavy (non-hydrogen) atoms. The molecule has 2 aromatic carbocycles. The minimum atomic E-state index is 0.505. The van der Waals surface area contributed by atoms with E-state index in [1.807, 2.05) is 12.1 Å². The van der Waals surface area contributed by atoms with Gasteiger partial charge in [0.2, 0.25) is 0 Å². The van der Waals surface area contributed by atoms with Crippen molar-refractivity contribution in [2.45, 2.75) is 19.4 Å². The van der Waals surface area contributed by atoms with E-state index in [-0.39, 0.29) is 0 Å². The van der Waals surface area contributed by atoms with Gasteiger partial charge in [-0.1, -0.05) is 29.8 Å². The Hall–Kier alpha value is -2.28. The maximum atomic E-state index is 9.06. The lowest BCUT2D eigenvalue weighted by Crippen LogP contribution is -2.23. The lowest BCUT2D eigenvalue weighted by Gasteiger charge is -2.15. The Morgan fingerprint density at radius 3 is 2.64 bits per heavy atom. The van der Waals surface area contributed by atoms with Crippen LogP contribution in [0, 0.1) is 11.3 Å². The van der Waals surface area contributed by atoms with E-state index in [1.165, 1.54) is 36.8 Å².